The summed E-state index contributed by atoms with van der Waals surface area (Å²) in [4.78, 5) is 15.1. The Morgan fingerprint density at radius 3 is 2.84 bits per heavy atom. The Morgan fingerprint density at radius 2 is 2.11 bits per heavy atom. The van der Waals surface area contributed by atoms with Crippen LogP contribution < -0.4 is 5.11 Å². The summed E-state index contributed by atoms with van der Waals surface area (Å²) in [6, 6.07) is 9.38. The summed E-state index contributed by atoms with van der Waals surface area (Å²) in [5.74, 6) is -0.485. The van der Waals surface area contributed by atoms with Crippen LogP contribution in [0.3, 0.4) is 0 Å². The number of rotatable bonds is 4. The number of carboxylic acids is 1. The number of benzene rings is 1. The van der Waals surface area contributed by atoms with Crippen molar-refractivity contribution in [3.63, 3.8) is 0 Å². The summed E-state index contributed by atoms with van der Waals surface area (Å²) in [5.41, 5.74) is 3.74. The maximum absolute atomic E-state index is 11.0. The lowest BCUT2D eigenvalue weighted by Crippen LogP contribution is -2.23. The van der Waals surface area contributed by atoms with Crippen molar-refractivity contribution in [2.24, 2.45) is 0 Å². The first-order valence-corrected chi connectivity index (χ1v) is 6.92. The summed E-state index contributed by atoms with van der Waals surface area (Å²) in [6.07, 6.45) is 1.60. The Morgan fingerprint density at radius 1 is 1.32 bits per heavy atom. The van der Waals surface area contributed by atoms with Crippen LogP contribution in [0.4, 0.5) is 0 Å². The zero-order valence-corrected chi connectivity index (χ0v) is 11.7. The first-order valence-electron chi connectivity index (χ1n) is 5.93. The maximum atomic E-state index is 11.0. The standard InChI is InChI=1S/C15H15NO2S/c1-10-5-6-11(2)12(8-10)9-19-14-13(15(17)18)4-3-7-16-14/h3-8H,9H2,1-2H3,(H,17,18)/p-1. The van der Waals surface area contributed by atoms with Crippen molar-refractivity contribution in [3.05, 3.63) is 58.8 Å². The second-order valence-corrected chi connectivity index (χ2v) is 5.33. The fraction of sp³-hybridized carbons (Fsp3) is 0.200. The van der Waals surface area contributed by atoms with E-state index in [1.165, 1.54) is 34.5 Å². The van der Waals surface area contributed by atoms with E-state index in [0.29, 0.717) is 10.8 Å². The molecule has 0 saturated carbocycles. The highest BCUT2D eigenvalue weighted by atomic mass is 32.2. The van der Waals surface area contributed by atoms with E-state index in [1.54, 1.807) is 12.3 Å². The zero-order valence-electron chi connectivity index (χ0n) is 10.8. The number of thioether (sulfide) groups is 1. The fourth-order valence-corrected chi connectivity index (χ4v) is 2.81. The number of carbonyl (C=O) groups excluding carboxylic acids is 1. The quantitative estimate of drug-likeness (QED) is 0.802. The number of hydrogen-bond acceptors (Lipinski definition) is 4. The summed E-state index contributed by atoms with van der Waals surface area (Å²) in [7, 11) is 0. The van der Waals surface area contributed by atoms with Gasteiger partial charge in [-0.3, -0.25) is 0 Å². The summed E-state index contributed by atoms with van der Waals surface area (Å²) in [6.45, 7) is 4.09. The van der Waals surface area contributed by atoms with Gasteiger partial charge in [0.2, 0.25) is 0 Å². The van der Waals surface area contributed by atoms with Crippen molar-refractivity contribution < 1.29 is 9.90 Å². The number of aromatic nitrogens is 1. The molecule has 3 nitrogen and oxygen atoms in total. The van der Waals surface area contributed by atoms with Crippen LogP contribution in [-0.2, 0) is 5.75 Å². The molecule has 0 saturated heterocycles. The Bertz CT molecular complexity index is 611. The molecule has 0 radical (unpaired) electrons. The van der Waals surface area contributed by atoms with Crippen molar-refractivity contribution in [3.8, 4) is 0 Å². The van der Waals surface area contributed by atoms with Crippen molar-refractivity contribution in [1.82, 2.24) is 4.98 Å². The van der Waals surface area contributed by atoms with E-state index in [2.05, 4.69) is 23.2 Å². The summed E-state index contributed by atoms with van der Waals surface area (Å²) < 4.78 is 0. The molecule has 0 aliphatic carbocycles. The second kappa shape index (κ2) is 5.89. The van der Waals surface area contributed by atoms with Crippen molar-refractivity contribution >= 4 is 17.7 Å². The van der Waals surface area contributed by atoms with E-state index >= 15 is 0 Å². The Labute approximate surface area is 116 Å². The molecule has 0 aliphatic heterocycles. The topological polar surface area (TPSA) is 53.0 Å². The molecule has 4 heteroatoms. The van der Waals surface area contributed by atoms with Crippen molar-refractivity contribution in [2.45, 2.75) is 24.6 Å². The monoisotopic (exact) mass is 272 g/mol. The van der Waals surface area contributed by atoms with Gasteiger partial charge in [-0.2, -0.15) is 0 Å². The lowest BCUT2D eigenvalue weighted by molar-refractivity contribution is -0.255. The second-order valence-electron chi connectivity index (χ2n) is 4.36. The molecule has 98 valence electrons. The van der Waals surface area contributed by atoms with Crippen molar-refractivity contribution in [2.75, 3.05) is 0 Å². The molecule has 0 bridgehead atoms. The lowest BCUT2D eigenvalue weighted by Gasteiger charge is -2.10. The van der Waals surface area contributed by atoms with Gasteiger partial charge in [0, 0.05) is 17.5 Å². The molecule has 0 aliphatic rings. The largest absolute Gasteiger partial charge is 0.545 e. The van der Waals surface area contributed by atoms with Crippen LogP contribution in [0.15, 0.2) is 41.6 Å². The average Bonchev–Trinajstić information content (AvgIpc) is 2.40. The minimum Gasteiger partial charge on any atom is -0.545 e. The highest BCUT2D eigenvalue weighted by Gasteiger charge is 2.06. The molecule has 0 fully saturated rings. The van der Waals surface area contributed by atoms with Gasteiger partial charge in [0.15, 0.2) is 0 Å². The van der Waals surface area contributed by atoms with Gasteiger partial charge >= 0.3 is 0 Å². The molecule has 19 heavy (non-hydrogen) atoms. The zero-order chi connectivity index (χ0) is 13.8. The SMILES string of the molecule is Cc1ccc(C)c(CSc2ncccc2C(=O)[O-])c1. The lowest BCUT2D eigenvalue weighted by atomic mass is 10.1. The molecule has 0 amide bonds. The number of pyridine rings is 1. The third kappa shape index (κ3) is 3.35. The third-order valence-electron chi connectivity index (χ3n) is 2.86. The number of aromatic carboxylic acids is 1. The number of nitrogens with zero attached hydrogens (tertiary/aromatic N) is 1. The van der Waals surface area contributed by atoms with E-state index < -0.39 is 5.97 Å². The molecule has 2 aromatic rings. The number of carbonyl (C=O) groups is 1. The number of hydrogen-bond donors (Lipinski definition) is 0. The minimum absolute atomic E-state index is 0.151. The molecule has 2 rings (SSSR count). The van der Waals surface area contributed by atoms with Gasteiger partial charge in [-0.05, 0) is 37.1 Å². The van der Waals surface area contributed by atoms with Gasteiger partial charge in [-0.1, -0.05) is 23.8 Å². The van der Waals surface area contributed by atoms with Crippen LogP contribution in [0.25, 0.3) is 0 Å². The summed E-state index contributed by atoms with van der Waals surface area (Å²) >= 11 is 1.42. The van der Waals surface area contributed by atoms with Crippen LogP contribution >= 0.6 is 11.8 Å². The Hall–Kier alpha value is -1.81. The molecular formula is C15H14NO2S-. The van der Waals surface area contributed by atoms with Crippen molar-refractivity contribution in [1.29, 1.82) is 0 Å². The normalized spacial score (nSPS) is 10.4. The van der Waals surface area contributed by atoms with Gasteiger partial charge in [0.25, 0.3) is 0 Å². The summed E-state index contributed by atoms with van der Waals surface area (Å²) in [5, 5.41) is 11.5. The van der Waals surface area contributed by atoms with Crippen LogP contribution in [0.5, 0.6) is 0 Å². The van der Waals surface area contributed by atoms with Crippen LogP contribution in [0.1, 0.15) is 27.0 Å². The molecule has 1 heterocycles. The molecule has 0 spiro atoms. The van der Waals surface area contributed by atoms with Crippen LogP contribution in [-0.4, -0.2) is 11.0 Å². The van der Waals surface area contributed by atoms with E-state index in [4.69, 9.17) is 0 Å². The smallest absolute Gasteiger partial charge is 0.105 e. The predicted octanol–water partition coefficient (Wildman–Crippen LogP) is 2.35. The molecular weight excluding hydrogens is 258 g/mol. The Kier molecular flexibility index (Phi) is 4.22. The van der Waals surface area contributed by atoms with E-state index in [-0.39, 0.29) is 5.56 Å². The first-order chi connectivity index (χ1) is 9.08. The third-order valence-corrected chi connectivity index (χ3v) is 3.91. The van der Waals surface area contributed by atoms with E-state index in [1.807, 2.05) is 13.8 Å². The molecule has 1 aromatic carbocycles. The highest BCUT2D eigenvalue weighted by Crippen LogP contribution is 2.25. The van der Waals surface area contributed by atoms with E-state index in [0.717, 1.165) is 0 Å². The van der Waals surface area contributed by atoms with Gasteiger partial charge in [-0.15, -0.1) is 11.8 Å². The molecule has 0 atom stereocenters. The Balaban J connectivity index is 2.19. The number of carboxylic acid groups (broad SMARTS) is 1. The molecule has 1 aromatic heterocycles. The van der Waals surface area contributed by atoms with Gasteiger partial charge in [0.1, 0.15) is 5.03 Å². The highest BCUT2D eigenvalue weighted by molar-refractivity contribution is 7.98. The maximum Gasteiger partial charge on any atom is 0.105 e. The van der Waals surface area contributed by atoms with Gasteiger partial charge in [-0.25, -0.2) is 4.98 Å². The predicted molar refractivity (Wildman–Crippen MR) is 74.0 cm³/mol. The average molecular weight is 272 g/mol. The van der Waals surface area contributed by atoms with Crippen LogP contribution in [0, 0.1) is 13.8 Å². The fourth-order valence-electron chi connectivity index (χ4n) is 1.76. The van der Waals surface area contributed by atoms with Gasteiger partial charge < -0.3 is 9.90 Å². The molecule has 0 unspecified atom stereocenters. The first kappa shape index (κ1) is 13.6. The van der Waals surface area contributed by atoms with Crippen LogP contribution in [0.2, 0.25) is 0 Å². The van der Waals surface area contributed by atoms with E-state index in [9.17, 15) is 9.90 Å². The van der Waals surface area contributed by atoms with Gasteiger partial charge in [0.05, 0.1) is 5.97 Å². The molecule has 0 N–H and O–H groups in total. The minimum atomic E-state index is -1.18. The number of aryl methyl sites for hydroxylation is 2.